The number of halogens is 2. The van der Waals surface area contributed by atoms with Gasteiger partial charge >= 0.3 is 0 Å². The molecule has 0 bridgehead atoms. The van der Waals surface area contributed by atoms with Crippen LogP contribution in [0, 0.1) is 0 Å². The van der Waals surface area contributed by atoms with Gasteiger partial charge in [0.15, 0.2) is 5.96 Å². The second-order valence-electron chi connectivity index (χ2n) is 6.81. The molecule has 0 amide bonds. The normalized spacial score (nSPS) is 15.0. The minimum atomic E-state index is 0. The first-order chi connectivity index (χ1) is 13.7. The van der Waals surface area contributed by atoms with Crippen LogP contribution in [0.3, 0.4) is 0 Å². The van der Waals surface area contributed by atoms with Crippen molar-refractivity contribution in [2.75, 3.05) is 44.7 Å². The molecule has 1 aliphatic heterocycles. The number of guanidine groups is 1. The third-order valence-corrected chi connectivity index (χ3v) is 5.41. The van der Waals surface area contributed by atoms with Crippen molar-refractivity contribution in [2.45, 2.75) is 20.0 Å². The molecule has 29 heavy (non-hydrogen) atoms. The van der Waals surface area contributed by atoms with Gasteiger partial charge in [0.25, 0.3) is 0 Å². The van der Waals surface area contributed by atoms with Crippen LogP contribution in [0.2, 0.25) is 5.02 Å². The van der Waals surface area contributed by atoms with E-state index in [0.717, 1.165) is 55.1 Å². The van der Waals surface area contributed by atoms with E-state index in [9.17, 15) is 0 Å². The van der Waals surface area contributed by atoms with Crippen molar-refractivity contribution in [2.24, 2.45) is 4.99 Å². The summed E-state index contributed by atoms with van der Waals surface area (Å²) >= 11 is 6.22. The van der Waals surface area contributed by atoms with E-state index < -0.39 is 0 Å². The van der Waals surface area contributed by atoms with Gasteiger partial charge in [-0.15, -0.1) is 24.0 Å². The van der Waals surface area contributed by atoms with Crippen molar-refractivity contribution in [1.29, 1.82) is 0 Å². The minimum absolute atomic E-state index is 0. The molecule has 1 aliphatic rings. The highest BCUT2D eigenvalue weighted by molar-refractivity contribution is 14.0. The summed E-state index contributed by atoms with van der Waals surface area (Å²) in [5, 5.41) is 7.43. The highest BCUT2D eigenvalue weighted by atomic mass is 127. The van der Waals surface area contributed by atoms with Gasteiger partial charge in [0.2, 0.25) is 0 Å². The van der Waals surface area contributed by atoms with Crippen LogP contribution in [0.5, 0.6) is 0 Å². The fourth-order valence-corrected chi connectivity index (χ4v) is 3.47. The van der Waals surface area contributed by atoms with E-state index in [-0.39, 0.29) is 24.0 Å². The average Bonchev–Trinajstić information content (AvgIpc) is 2.75. The lowest BCUT2D eigenvalue weighted by Gasteiger charge is -2.34. The summed E-state index contributed by atoms with van der Waals surface area (Å²) in [5.74, 6) is 1.80. The first kappa shape index (κ1) is 23.7. The number of rotatable bonds is 6. The zero-order valence-electron chi connectivity index (χ0n) is 17.1. The fourth-order valence-electron chi connectivity index (χ4n) is 3.26. The molecular formula is C21H30ClIN6. The number of hydrogen-bond acceptors (Lipinski definition) is 4. The van der Waals surface area contributed by atoms with E-state index >= 15 is 0 Å². The SMILES string of the molecule is CCN1CCN(c2cc(CNC(=NC)NCc3ccccc3Cl)ccn2)CC1.I. The number of nitrogens with zero attached hydrogens (tertiary/aromatic N) is 4. The number of aliphatic imine (C=N–C) groups is 1. The summed E-state index contributed by atoms with van der Waals surface area (Å²) in [7, 11) is 1.77. The lowest BCUT2D eigenvalue weighted by atomic mass is 10.2. The lowest BCUT2D eigenvalue weighted by Crippen LogP contribution is -2.46. The van der Waals surface area contributed by atoms with Gasteiger partial charge < -0.3 is 20.4 Å². The topological polar surface area (TPSA) is 55.8 Å². The van der Waals surface area contributed by atoms with Crippen molar-refractivity contribution < 1.29 is 0 Å². The molecule has 0 radical (unpaired) electrons. The van der Waals surface area contributed by atoms with E-state index in [2.05, 4.69) is 43.4 Å². The Balaban J connectivity index is 0.00000300. The molecule has 8 heteroatoms. The largest absolute Gasteiger partial charge is 0.354 e. The van der Waals surface area contributed by atoms with Crippen LogP contribution in [-0.2, 0) is 13.1 Å². The first-order valence-electron chi connectivity index (χ1n) is 9.79. The molecule has 0 unspecified atom stereocenters. The number of piperazine rings is 1. The Morgan fingerprint density at radius 3 is 2.52 bits per heavy atom. The van der Waals surface area contributed by atoms with Crippen LogP contribution in [0.25, 0.3) is 0 Å². The number of nitrogens with one attached hydrogen (secondary N) is 2. The van der Waals surface area contributed by atoms with Gasteiger partial charge in [-0.25, -0.2) is 4.98 Å². The third-order valence-electron chi connectivity index (χ3n) is 5.04. The standard InChI is InChI=1S/C21H29ClN6.HI/c1-3-27-10-12-28(13-11-27)20-14-17(8-9-24-20)15-25-21(23-2)26-16-18-6-4-5-7-19(18)22;/h4-9,14H,3,10-13,15-16H2,1-2H3,(H2,23,25,26);1H. The summed E-state index contributed by atoms with van der Waals surface area (Å²) in [6.07, 6.45) is 1.89. The molecule has 0 atom stereocenters. The Kier molecular flexibility index (Phi) is 9.96. The Bertz CT molecular complexity index is 792. The first-order valence-corrected chi connectivity index (χ1v) is 10.2. The minimum Gasteiger partial charge on any atom is -0.354 e. The Hall–Kier alpha value is -1.58. The van der Waals surface area contributed by atoms with Crippen LogP contribution >= 0.6 is 35.6 Å². The summed E-state index contributed by atoms with van der Waals surface area (Å²) in [6.45, 7) is 8.89. The summed E-state index contributed by atoms with van der Waals surface area (Å²) in [4.78, 5) is 13.7. The predicted molar refractivity (Wildman–Crippen MR) is 132 cm³/mol. The molecule has 1 saturated heterocycles. The Morgan fingerprint density at radius 1 is 1.10 bits per heavy atom. The molecule has 2 N–H and O–H groups in total. The summed E-state index contributed by atoms with van der Waals surface area (Å²) in [5.41, 5.74) is 2.23. The van der Waals surface area contributed by atoms with Crippen molar-refractivity contribution in [3.8, 4) is 0 Å². The van der Waals surface area contributed by atoms with Crippen LogP contribution < -0.4 is 15.5 Å². The van der Waals surface area contributed by atoms with Crippen LogP contribution in [0.1, 0.15) is 18.1 Å². The van der Waals surface area contributed by atoms with Gasteiger partial charge in [-0.05, 0) is 35.9 Å². The second kappa shape index (κ2) is 12.2. The van der Waals surface area contributed by atoms with E-state index in [1.807, 2.05) is 36.5 Å². The quantitative estimate of drug-likeness (QED) is 0.342. The molecule has 0 aliphatic carbocycles. The number of pyridine rings is 1. The average molecular weight is 529 g/mol. The maximum atomic E-state index is 6.22. The molecule has 158 valence electrons. The number of benzene rings is 1. The lowest BCUT2D eigenvalue weighted by molar-refractivity contribution is 0.270. The van der Waals surface area contributed by atoms with Gasteiger partial charge in [0.1, 0.15) is 5.82 Å². The molecule has 1 aromatic carbocycles. The molecule has 2 heterocycles. The number of aromatic nitrogens is 1. The fraction of sp³-hybridized carbons (Fsp3) is 0.429. The molecule has 3 rings (SSSR count). The Morgan fingerprint density at radius 2 is 1.83 bits per heavy atom. The number of anilines is 1. The van der Waals surface area contributed by atoms with Crippen LogP contribution in [0.15, 0.2) is 47.6 Å². The maximum Gasteiger partial charge on any atom is 0.191 e. The van der Waals surface area contributed by atoms with Crippen LogP contribution in [0.4, 0.5) is 5.82 Å². The summed E-state index contributed by atoms with van der Waals surface area (Å²) in [6, 6.07) is 12.0. The van der Waals surface area contributed by atoms with Crippen LogP contribution in [-0.4, -0.2) is 55.6 Å². The summed E-state index contributed by atoms with van der Waals surface area (Å²) < 4.78 is 0. The molecule has 0 spiro atoms. The molecule has 1 fully saturated rings. The maximum absolute atomic E-state index is 6.22. The monoisotopic (exact) mass is 528 g/mol. The molecule has 0 saturated carbocycles. The number of likely N-dealkylation sites (N-methyl/N-ethyl adjacent to an activating group) is 1. The van der Waals surface area contributed by atoms with Gasteiger partial charge in [-0.1, -0.05) is 36.7 Å². The highest BCUT2D eigenvalue weighted by Gasteiger charge is 2.16. The van der Waals surface area contributed by atoms with E-state index in [4.69, 9.17) is 11.6 Å². The van der Waals surface area contributed by atoms with E-state index in [0.29, 0.717) is 13.1 Å². The van der Waals surface area contributed by atoms with Crippen molar-refractivity contribution in [3.05, 3.63) is 58.7 Å². The van der Waals surface area contributed by atoms with Gasteiger partial charge in [0.05, 0.1) is 0 Å². The van der Waals surface area contributed by atoms with Gasteiger partial charge in [-0.2, -0.15) is 0 Å². The smallest absolute Gasteiger partial charge is 0.191 e. The van der Waals surface area contributed by atoms with Crippen molar-refractivity contribution in [3.63, 3.8) is 0 Å². The zero-order valence-corrected chi connectivity index (χ0v) is 20.2. The van der Waals surface area contributed by atoms with E-state index in [1.54, 1.807) is 7.05 Å². The van der Waals surface area contributed by atoms with Gasteiger partial charge in [0, 0.05) is 57.5 Å². The second-order valence-corrected chi connectivity index (χ2v) is 7.22. The Labute approximate surface area is 195 Å². The molecule has 2 aromatic rings. The van der Waals surface area contributed by atoms with E-state index in [1.165, 1.54) is 5.56 Å². The predicted octanol–water partition coefficient (Wildman–Crippen LogP) is 3.36. The third kappa shape index (κ3) is 7.01. The van der Waals surface area contributed by atoms with Gasteiger partial charge in [-0.3, -0.25) is 4.99 Å². The van der Waals surface area contributed by atoms with Crippen molar-refractivity contribution in [1.82, 2.24) is 20.5 Å². The molecule has 6 nitrogen and oxygen atoms in total. The number of hydrogen-bond donors (Lipinski definition) is 2. The molecular weight excluding hydrogens is 499 g/mol. The molecule has 1 aromatic heterocycles. The highest BCUT2D eigenvalue weighted by Crippen LogP contribution is 2.16. The van der Waals surface area contributed by atoms with Crippen molar-refractivity contribution >= 4 is 47.4 Å². The zero-order chi connectivity index (χ0) is 19.8.